The summed E-state index contributed by atoms with van der Waals surface area (Å²) in [4.78, 5) is 13.3. The Hall–Kier alpha value is -1.86. The zero-order chi connectivity index (χ0) is 14.4. The van der Waals surface area contributed by atoms with Gasteiger partial charge in [0.05, 0.1) is 24.7 Å². The molecule has 1 aromatic rings. The fourth-order valence-electron chi connectivity index (χ4n) is 2.86. The third kappa shape index (κ3) is 4.07. The smallest absolute Gasteiger partial charge is 0.279 e. The van der Waals surface area contributed by atoms with Gasteiger partial charge in [0.2, 0.25) is 0 Å². The van der Waals surface area contributed by atoms with Crippen molar-refractivity contribution >= 4 is 11.6 Å². The van der Waals surface area contributed by atoms with Crippen molar-refractivity contribution in [3.8, 4) is 6.07 Å². The highest BCUT2D eigenvalue weighted by Gasteiger charge is 2.23. The number of carbonyl (C=O) groups is 1. The van der Waals surface area contributed by atoms with Gasteiger partial charge in [0.15, 0.2) is 6.54 Å². The average molecular weight is 272 g/mol. The Labute approximate surface area is 120 Å². The van der Waals surface area contributed by atoms with Gasteiger partial charge in [-0.3, -0.25) is 4.79 Å². The molecule has 0 spiro atoms. The van der Waals surface area contributed by atoms with Crippen LogP contribution >= 0.6 is 0 Å². The van der Waals surface area contributed by atoms with Crippen molar-refractivity contribution in [1.29, 1.82) is 5.26 Å². The van der Waals surface area contributed by atoms with Crippen LogP contribution < -0.4 is 10.2 Å². The first-order valence-corrected chi connectivity index (χ1v) is 7.31. The van der Waals surface area contributed by atoms with Crippen molar-refractivity contribution in [3.63, 3.8) is 0 Å². The molecule has 1 saturated carbocycles. The van der Waals surface area contributed by atoms with E-state index in [1.807, 2.05) is 6.07 Å². The summed E-state index contributed by atoms with van der Waals surface area (Å²) in [6, 6.07) is 9.72. The van der Waals surface area contributed by atoms with Gasteiger partial charge in [-0.1, -0.05) is 12.5 Å². The standard InChI is InChI=1S/C16H21N3O/c1-19(15-8-3-2-4-9-15)12-16(20)18-14-7-5-6-13(10-14)11-17/h5-7,10,15H,2-4,8-9,12H2,1H3,(H,18,20)/p+1. The SMILES string of the molecule is C[NH+](CC(=O)Nc1cccc(C#N)c1)C1CCCCC1. The first-order valence-electron chi connectivity index (χ1n) is 7.31. The molecule has 2 rings (SSSR count). The predicted molar refractivity (Wildman–Crippen MR) is 78.4 cm³/mol. The number of nitrogens with zero attached hydrogens (tertiary/aromatic N) is 1. The van der Waals surface area contributed by atoms with Gasteiger partial charge in [-0.25, -0.2) is 0 Å². The molecule has 1 aromatic carbocycles. The second-order valence-corrected chi connectivity index (χ2v) is 5.60. The summed E-state index contributed by atoms with van der Waals surface area (Å²) in [6.07, 6.45) is 6.35. The number of rotatable bonds is 4. The fraction of sp³-hybridized carbons (Fsp3) is 0.500. The van der Waals surface area contributed by atoms with E-state index in [1.165, 1.54) is 37.0 Å². The molecule has 0 radical (unpaired) electrons. The van der Waals surface area contributed by atoms with Crippen LogP contribution in [0.3, 0.4) is 0 Å². The molecule has 0 aromatic heterocycles. The van der Waals surface area contributed by atoms with E-state index >= 15 is 0 Å². The Kier molecular flexibility index (Phi) is 5.14. The number of amides is 1. The van der Waals surface area contributed by atoms with Crippen molar-refractivity contribution in [2.45, 2.75) is 38.1 Å². The number of hydrogen-bond donors (Lipinski definition) is 2. The Balaban J connectivity index is 1.86. The van der Waals surface area contributed by atoms with Gasteiger partial charge in [-0.2, -0.15) is 5.26 Å². The largest absolute Gasteiger partial charge is 0.327 e. The Bertz CT molecular complexity index is 501. The molecule has 106 valence electrons. The number of carbonyl (C=O) groups excluding carboxylic acids is 1. The Morgan fingerprint density at radius 1 is 1.40 bits per heavy atom. The molecule has 2 N–H and O–H groups in total. The molecule has 1 aliphatic rings. The molecule has 4 heteroatoms. The van der Waals surface area contributed by atoms with E-state index in [0.29, 0.717) is 23.8 Å². The lowest BCUT2D eigenvalue weighted by molar-refractivity contribution is -0.899. The molecule has 1 amide bonds. The molecule has 1 aliphatic carbocycles. The van der Waals surface area contributed by atoms with Crippen LogP contribution in [0.25, 0.3) is 0 Å². The van der Waals surface area contributed by atoms with E-state index in [1.54, 1.807) is 18.2 Å². The summed E-state index contributed by atoms with van der Waals surface area (Å²) in [7, 11) is 2.10. The van der Waals surface area contributed by atoms with Gasteiger partial charge >= 0.3 is 0 Å². The normalized spacial score (nSPS) is 17.2. The lowest BCUT2D eigenvalue weighted by Gasteiger charge is -2.27. The van der Waals surface area contributed by atoms with Crippen LogP contribution in [0.4, 0.5) is 5.69 Å². The molecule has 0 aliphatic heterocycles. The van der Waals surface area contributed by atoms with E-state index in [0.717, 1.165) is 0 Å². The van der Waals surface area contributed by atoms with Gasteiger partial charge in [-0.05, 0) is 43.9 Å². The highest BCUT2D eigenvalue weighted by atomic mass is 16.2. The summed E-state index contributed by atoms with van der Waals surface area (Å²) in [5, 5.41) is 11.7. The minimum absolute atomic E-state index is 0.0168. The van der Waals surface area contributed by atoms with Crippen LogP contribution in [0.5, 0.6) is 0 Å². The van der Waals surface area contributed by atoms with Crippen LogP contribution in [0.15, 0.2) is 24.3 Å². The molecule has 0 saturated heterocycles. The molecule has 1 fully saturated rings. The average Bonchev–Trinajstić information content (AvgIpc) is 2.48. The Morgan fingerprint density at radius 3 is 2.85 bits per heavy atom. The summed E-state index contributed by atoms with van der Waals surface area (Å²) >= 11 is 0. The number of hydrogen-bond acceptors (Lipinski definition) is 2. The lowest BCUT2D eigenvalue weighted by Crippen LogP contribution is -3.14. The number of quaternary nitrogens is 1. The zero-order valence-electron chi connectivity index (χ0n) is 12.0. The van der Waals surface area contributed by atoms with Gasteiger partial charge in [0.1, 0.15) is 0 Å². The van der Waals surface area contributed by atoms with E-state index < -0.39 is 0 Å². The minimum atomic E-state index is 0.0168. The van der Waals surface area contributed by atoms with Crippen molar-refractivity contribution in [2.24, 2.45) is 0 Å². The van der Waals surface area contributed by atoms with Crippen LogP contribution in [0, 0.1) is 11.3 Å². The number of likely N-dealkylation sites (N-methyl/N-ethyl adjacent to an activating group) is 1. The Morgan fingerprint density at radius 2 is 2.15 bits per heavy atom. The van der Waals surface area contributed by atoms with Gasteiger partial charge < -0.3 is 10.2 Å². The van der Waals surface area contributed by atoms with E-state index in [2.05, 4.69) is 18.4 Å². The maximum atomic E-state index is 12.1. The summed E-state index contributed by atoms with van der Waals surface area (Å²) < 4.78 is 0. The van der Waals surface area contributed by atoms with Crippen LogP contribution in [-0.2, 0) is 4.79 Å². The molecule has 20 heavy (non-hydrogen) atoms. The molecule has 0 bridgehead atoms. The monoisotopic (exact) mass is 272 g/mol. The molecule has 1 atom stereocenters. The highest BCUT2D eigenvalue weighted by Crippen LogP contribution is 2.15. The summed E-state index contributed by atoms with van der Waals surface area (Å²) in [5.41, 5.74) is 1.27. The van der Waals surface area contributed by atoms with E-state index in [-0.39, 0.29) is 5.91 Å². The van der Waals surface area contributed by atoms with Gasteiger partial charge in [0.25, 0.3) is 5.91 Å². The minimum Gasteiger partial charge on any atom is -0.327 e. The topological polar surface area (TPSA) is 57.3 Å². The summed E-state index contributed by atoms with van der Waals surface area (Å²) in [5.74, 6) is 0.0168. The van der Waals surface area contributed by atoms with E-state index in [4.69, 9.17) is 5.26 Å². The quantitative estimate of drug-likeness (QED) is 0.869. The third-order valence-corrected chi connectivity index (χ3v) is 4.02. The highest BCUT2D eigenvalue weighted by molar-refractivity contribution is 5.91. The van der Waals surface area contributed by atoms with Gasteiger partial charge in [0, 0.05) is 5.69 Å². The first-order chi connectivity index (χ1) is 9.69. The molecular weight excluding hydrogens is 250 g/mol. The second-order valence-electron chi connectivity index (χ2n) is 5.60. The van der Waals surface area contributed by atoms with Crippen molar-refractivity contribution in [2.75, 3.05) is 18.9 Å². The van der Waals surface area contributed by atoms with Crippen molar-refractivity contribution in [3.05, 3.63) is 29.8 Å². The lowest BCUT2D eigenvalue weighted by atomic mass is 9.94. The molecule has 1 unspecified atom stereocenters. The number of nitriles is 1. The first kappa shape index (κ1) is 14.5. The van der Waals surface area contributed by atoms with Crippen molar-refractivity contribution < 1.29 is 9.69 Å². The second kappa shape index (κ2) is 7.06. The van der Waals surface area contributed by atoms with Crippen LogP contribution in [0.2, 0.25) is 0 Å². The molecular formula is C16H22N3O+. The maximum absolute atomic E-state index is 12.1. The van der Waals surface area contributed by atoms with Crippen LogP contribution in [-0.4, -0.2) is 25.5 Å². The molecule has 4 nitrogen and oxygen atoms in total. The number of benzene rings is 1. The number of anilines is 1. The van der Waals surface area contributed by atoms with Gasteiger partial charge in [-0.15, -0.1) is 0 Å². The molecule has 0 heterocycles. The zero-order valence-corrected chi connectivity index (χ0v) is 12.0. The predicted octanol–water partition coefficient (Wildman–Crippen LogP) is 1.34. The van der Waals surface area contributed by atoms with E-state index in [9.17, 15) is 4.79 Å². The summed E-state index contributed by atoms with van der Waals surface area (Å²) in [6.45, 7) is 0.488. The maximum Gasteiger partial charge on any atom is 0.279 e. The third-order valence-electron chi connectivity index (χ3n) is 4.02. The fourth-order valence-corrected chi connectivity index (χ4v) is 2.86. The van der Waals surface area contributed by atoms with Crippen LogP contribution in [0.1, 0.15) is 37.7 Å². The van der Waals surface area contributed by atoms with Crippen molar-refractivity contribution in [1.82, 2.24) is 0 Å². The number of nitrogens with one attached hydrogen (secondary N) is 2.